The summed E-state index contributed by atoms with van der Waals surface area (Å²) < 4.78 is 26.4. The van der Waals surface area contributed by atoms with E-state index in [9.17, 15) is 13.6 Å². The zero-order valence-electron chi connectivity index (χ0n) is 10.5. The van der Waals surface area contributed by atoms with Gasteiger partial charge in [-0.05, 0) is 45.0 Å². The molecule has 0 spiro atoms. The molecule has 0 radical (unpaired) electrons. The highest BCUT2D eigenvalue weighted by molar-refractivity contribution is 6.00. The Labute approximate surface area is 106 Å². The second-order valence-corrected chi connectivity index (χ2v) is 4.76. The van der Waals surface area contributed by atoms with E-state index in [4.69, 9.17) is 0 Å². The van der Waals surface area contributed by atoms with E-state index in [0.29, 0.717) is 0 Å². The largest absolute Gasteiger partial charge is 0.294 e. The Morgan fingerprint density at radius 2 is 1.89 bits per heavy atom. The summed E-state index contributed by atoms with van der Waals surface area (Å²) in [6, 6.07) is 2.77. The lowest BCUT2D eigenvalue weighted by molar-refractivity contribution is 0.0804. The predicted molar refractivity (Wildman–Crippen MR) is 65.6 cm³/mol. The van der Waals surface area contributed by atoms with Crippen molar-refractivity contribution in [1.29, 1.82) is 0 Å². The Morgan fingerprint density at radius 3 is 2.50 bits per heavy atom. The highest BCUT2D eigenvalue weighted by Gasteiger charge is 2.25. The van der Waals surface area contributed by atoms with Crippen LogP contribution in [0.3, 0.4) is 0 Å². The van der Waals surface area contributed by atoms with Crippen molar-refractivity contribution in [2.24, 2.45) is 0 Å². The van der Waals surface area contributed by atoms with Crippen molar-refractivity contribution in [2.45, 2.75) is 32.2 Å². The van der Waals surface area contributed by atoms with Crippen LogP contribution < -0.4 is 0 Å². The summed E-state index contributed by atoms with van der Waals surface area (Å²) in [7, 11) is 0. The van der Waals surface area contributed by atoms with Gasteiger partial charge in [0.1, 0.15) is 11.6 Å². The van der Waals surface area contributed by atoms with Gasteiger partial charge in [-0.25, -0.2) is 8.78 Å². The van der Waals surface area contributed by atoms with Crippen LogP contribution in [0.2, 0.25) is 0 Å². The van der Waals surface area contributed by atoms with Gasteiger partial charge in [0.15, 0.2) is 5.78 Å². The number of halogens is 2. The van der Waals surface area contributed by atoms with Crippen LogP contribution in [0.5, 0.6) is 0 Å². The first kappa shape index (κ1) is 13.1. The molecular weight excluding hydrogens is 236 g/mol. The minimum Gasteiger partial charge on any atom is -0.294 e. The van der Waals surface area contributed by atoms with Crippen molar-refractivity contribution in [3.05, 3.63) is 35.4 Å². The fraction of sp³-hybridized carbons (Fsp3) is 0.500. The van der Waals surface area contributed by atoms with E-state index in [1.54, 1.807) is 6.92 Å². The number of benzene rings is 1. The third-order valence-electron chi connectivity index (χ3n) is 3.51. The second kappa shape index (κ2) is 5.57. The summed E-state index contributed by atoms with van der Waals surface area (Å²) in [5, 5.41) is 0. The van der Waals surface area contributed by atoms with Gasteiger partial charge in [0.05, 0.1) is 11.6 Å². The number of carbonyl (C=O) groups excluding carboxylic acids is 1. The molecule has 2 nitrogen and oxygen atoms in total. The summed E-state index contributed by atoms with van der Waals surface area (Å²) in [5.41, 5.74) is -0.0190. The fourth-order valence-corrected chi connectivity index (χ4v) is 2.39. The van der Waals surface area contributed by atoms with Crippen LogP contribution in [-0.4, -0.2) is 29.8 Å². The van der Waals surface area contributed by atoms with E-state index in [-0.39, 0.29) is 17.4 Å². The lowest BCUT2D eigenvalue weighted by Crippen LogP contribution is -2.42. The van der Waals surface area contributed by atoms with Crippen molar-refractivity contribution in [3.63, 3.8) is 0 Å². The first-order valence-electron chi connectivity index (χ1n) is 6.33. The molecule has 2 rings (SSSR count). The van der Waals surface area contributed by atoms with E-state index in [1.165, 1.54) is 12.5 Å². The number of piperidine rings is 1. The van der Waals surface area contributed by atoms with E-state index in [1.807, 2.05) is 0 Å². The Morgan fingerprint density at radius 1 is 1.22 bits per heavy atom. The van der Waals surface area contributed by atoms with Gasteiger partial charge < -0.3 is 0 Å². The molecule has 1 fully saturated rings. The van der Waals surface area contributed by atoms with Crippen LogP contribution in [0.25, 0.3) is 0 Å². The average Bonchev–Trinajstić information content (AvgIpc) is 2.38. The van der Waals surface area contributed by atoms with Crippen LogP contribution >= 0.6 is 0 Å². The normalized spacial score (nSPS) is 18.6. The molecule has 0 saturated carbocycles. The average molecular weight is 253 g/mol. The van der Waals surface area contributed by atoms with Crippen molar-refractivity contribution >= 4 is 5.78 Å². The molecule has 1 saturated heterocycles. The highest BCUT2D eigenvalue weighted by atomic mass is 19.1. The number of rotatable bonds is 3. The Bertz CT molecular complexity index is 441. The Hall–Kier alpha value is -1.29. The van der Waals surface area contributed by atoms with Crippen LogP contribution in [0.15, 0.2) is 18.2 Å². The Kier molecular flexibility index (Phi) is 4.07. The summed E-state index contributed by atoms with van der Waals surface area (Å²) in [5.74, 6) is -1.70. The van der Waals surface area contributed by atoms with Gasteiger partial charge in [-0.3, -0.25) is 9.69 Å². The van der Waals surface area contributed by atoms with Gasteiger partial charge in [-0.2, -0.15) is 0 Å². The summed E-state index contributed by atoms with van der Waals surface area (Å²) in [6.45, 7) is 3.53. The minimum atomic E-state index is -0.774. The SMILES string of the molecule is CC(C(=O)c1ccc(F)cc1F)N1CCCCC1. The summed E-state index contributed by atoms with van der Waals surface area (Å²) in [4.78, 5) is 14.2. The number of hydrogen-bond acceptors (Lipinski definition) is 2. The van der Waals surface area contributed by atoms with E-state index in [0.717, 1.165) is 38.1 Å². The first-order valence-corrected chi connectivity index (χ1v) is 6.33. The van der Waals surface area contributed by atoms with Crippen molar-refractivity contribution in [3.8, 4) is 0 Å². The first-order chi connectivity index (χ1) is 8.59. The molecule has 1 aromatic carbocycles. The molecule has 0 amide bonds. The molecule has 1 aromatic rings. The third-order valence-corrected chi connectivity index (χ3v) is 3.51. The lowest BCUT2D eigenvalue weighted by atomic mass is 10.0. The predicted octanol–water partition coefficient (Wildman–Crippen LogP) is 3.02. The minimum absolute atomic E-state index is 0.0190. The monoisotopic (exact) mass is 253 g/mol. The van der Waals surface area contributed by atoms with Crippen LogP contribution in [0.1, 0.15) is 36.5 Å². The van der Waals surface area contributed by atoms with Gasteiger partial charge in [0.25, 0.3) is 0 Å². The molecule has 1 atom stereocenters. The summed E-state index contributed by atoms with van der Waals surface area (Å²) >= 11 is 0. The molecule has 1 aliphatic heterocycles. The molecule has 1 aliphatic rings. The lowest BCUT2D eigenvalue weighted by Gasteiger charge is -2.31. The Balaban J connectivity index is 2.14. The van der Waals surface area contributed by atoms with Gasteiger partial charge in [-0.15, -0.1) is 0 Å². The molecule has 18 heavy (non-hydrogen) atoms. The van der Waals surface area contributed by atoms with Crippen LogP contribution in [0.4, 0.5) is 8.78 Å². The van der Waals surface area contributed by atoms with Crippen molar-refractivity contribution in [2.75, 3.05) is 13.1 Å². The molecule has 0 aliphatic carbocycles. The molecule has 98 valence electrons. The molecule has 4 heteroatoms. The zero-order chi connectivity index (χ0) is 13.1. The molecule has 1 unspecified atom stereocenters. The maximum absolute atomic E-state index is 13.5. The molecular formula is C14H17F2NO. The highest BCUT2D eigenvalue weighted by Crippen LogP contribution is 2.17. The standard InChI is InChI=1S/C14H17F2NO/c1-10(17-7-3-2-4-8-17)14(18)12-6-5-11(15)9-13(12)16/h5-6,9-10H,2-4,7-8H2,1H3. The van der Waals surface area contributed by atoms with Gasteiger partial charge in [-0.1, -0.05) is 6.42 Å². The topological polar surface area (TPSA) is 20.3 Å². The quantitative estimate of drug-likeness (QED) is 0.772. The van der Waals surface area contributed by atoms with Crippen LogP contribution in [0, 0.1) is 11.6 Å². The van der Waals surface area contributed by atoms with Crippen molar-refractivity contribution in [1.82, 2.24) is 4.90 Å². The van der Waals surface area contributed by atoms with Gasteiger partial charge in [0.2, 0.25) is 0 Å². The van der Waals surface area contributed by atoms with Crippen molar-refractivity contribution < 1.29 is 13.6 Å². The van der Waals surface area contributed by atoms with Gasteiger partial charge >= 0.3 is 0 Å². The number of nitrogens with zero attached hydrogens (tertiary/aromatic N) is 1. The van der Waals surface area contributed by atoms with E-state index in [2.05, 4.69) is 4.90 Å². The van der Waals surface area contributed by atoms with Gasteiger partial charge in [0, 0.05) is 6.07 Å². The maximum atomic E-state index is 13.5. The third kappa shape index (κ3) is 2.75. The number of likely N-dealkylation sites (tertiary alicyclic amines) is 1. The fourth-order valence-electron chi connectivity index (χ4n) is 2.39. The number of hydrogen-bond donors (Lipinski definition) is 0. The molecule has 0 aromatic heterocycles. The van der Waals surface area contributed by atoms with E-state index < -0.39 is 11.6 Å². The molecule has 0 N–H and O–H groups in total. The smallest absolute Gasteiger partial charge is 0.182 e. The molecule has 0 bridgehead atoms. The van der Waals surface area contributed by atoms with E-state index >= 15 is 0 Å². The summed E-state index contributed by atoms with van der Waals surface area (Å²) in [6.07, 6.45) is 3.33. The second-order valence-electron chi connectivity index (χ2n) is 4.76. The van der Waals surface area contributed by atoms with Crippen LogP contribution in [-0.2, 0) is 0 Å². The maximum Gasteiger partial charge on any atom is 0.182 e. The molecule has 1 heterocycles. The number of Topliss-reactive ketones (excluding diaryl/α,β-unsaturated/α-hetero) is 1. The zero-order valence-corrected chi connectivity index (χ0v) is 10.5. The number of ketones is 1. The number of carbonyl (C=O) groups is 1.